The minimum atomic E-state index is -0.458. The van der Waals surface area contributed by atoms with Crippen molar-refractivity contribution in [1.82, 2.24) is 5.32 Å². The number of benzene rings is 1. The first kappa shape index (κ1) is 15.3. The monoisotopic (exact) mass is 279 g/mol. The fraction of sp³-hybridized carbons (Fsp3) is 0.625. The molecule has 1 N–H and O–H groups in total. The Bertz CT molecular complexity index is 406. The second kappa shape index (κ2) is 6.57. The summed E-state index contributed by atoms with van der Waals surface area (Å²) in [4.78, 5) is 0. The van der Waals surface area contributed by atoms with Crippen LogP contribution in [0.2, 0.25) is 0 Å². The molecule has 0 aliphatic carbocycles. The Hall–Kier alpha value is -1.10. The quantitative estimate of drug-likeness (QED) is 0.899. The minimum Gasteiger partial charge on any atom is -0.494 e. The Labute approximate surface area is 121 Å². The van der Waals surface area contributed by atoms with Gasteiger partial charge in [0.05, 0.1) is 25.9 Å². The molecule has 1 atom stereocenters. The van der Waals surface area contributed by atoms with Crippen molar-refractivity contribution in [2.75, 3.05) is 19.8 Å². The lowest BCUT2D eigenvalue weighted by atomic mass is 10.1. The Kier molecular flexibility index (Phi) is 5.02. The van der Waals surface area contributed by atoms with Crippen molar-refractivity contribution in [2.45, 2.75) is 45.6 Å². The first-order chi connectivity index (χ1) is 9.50. The molecule has 20 heavy (non-hydrogen) atoms. The number of ether oxygens (including phenoxy) is 3. The van der Waals surface area contributed by atoms with Gasteiger partial charge in [0, 0.05) is 6.04 Å². The maximum Gasteiger partial charge on any atom is 0.162 e. The van der Waals surface area contributed by atoms with Gasteiger partial charge in [0.2, 0.25) is 0 Å². The van der Waals surface area contributed by atoms with Crippen LogP contribution in [0.5, 0.6) is 5.75 Å². The van der Waals surface area contributed by atoms with Crippen LogP contribution >= 0.6 is 0 Å². The fourth-order valence-corrected chi connectivity index (χ4v) is 2.26. The topological polar surface area (TPSA) is 39.7 Å². The van der Waals surface area contributed by atoms with Crippen molar-refractivity contribution >= 4 is 0 Å². The van der Waals surface area contributed by atoms with Gasteiger partial charge in [0.25, 0.3) is 0 Å². The molecule has 1 fully saturated rings. The van der Waals surface area contributed by atoms with E-state index < -0.39 is 5.79 Å². The van der Waals surface area contributed by atoms with Gasteiger partial charge in [-0.25, -0.2) is 0 Å². The Morgan fingerprint density at radius 2 is 1.85 bits per heavy atom. The highest BCUT2D eigenvalue weighted by atomic mass is 16.7. The van der Waals surface area contributed by atoms with Crippen molar-refractivity contribution < 1.29 is 14.2 Å². The SMILES string of the molecule is CCOc1ccc(C(C)NC2COC(C)(C)OC2)cc1. The molecule has 0 saturated carbocycles. The summed E-state index contributed by atoms with van der Waals surface area (Å²) < 4.78 is 16.8. The Morgan fingerprint density at radius 3 is 2.40 bits per heavy atom. The van der Waals surface area contributed by atoms with E-state index in [9.17, 15) is 0 Å². The first-order valence-electron chi connectivity index (χ1n) is 7.27. The van der Waals surface area contributed by atoms with Crippen molar-refractivity contribution in [2.24, 2.45) is 0 Å². The lowest BCUT2D eigenvalue weighted by molar-refractivity contribution is -0.253. The molecule has 4 nitrogen and oxygen atoms in total. The molecule has 1 saturated heterocycles. The van der Waals surface area contributed by atoms with E-state index in [4.69, 9.17) is 14.2 Å². The van der Waals surface area contributed by atoms with Gasteiger partial charge < -0.3 is 19.5 Å². The van der Waals surface area contributed by atoms with Crippen LogP contribution in [-0.2, 0) is 9.47 Å². The third-order valence-corrected chi connectivity index (χ3v) is 3.44. The molecule has 0 radical (unpaired) electrons. The maximum atomic E-state index is 5.66. The van der Waals surface area contributed by atoms with E-state index in [2.05, 4.69) is 24.4 Å². The molecular formula is C16H25NO3. The lowest BCUT2D eigenvalue weighted by Gasteiger charge is -2.36. The third kappa shape index (κ3) is 4.20. The molecule has 1 aromatic carbocycles. The summed E-state index contributed by atoms with van der Waals surface area (Å²) in [5.74, 6) is 0.454. The van der Waals surface area contributed by atoms with Crippen LogP contribution in [0, 0.1) is 0 Å². The summed E-state index contributed by atoms with van der Waals surface area (Å²) in [5, 5.41) is 3.53. The molecule has 1 aromatic rings. The van der Waals surface area contributed by atoms with Gasteiger partial charge in [-0.05, 0) is 45.4 Å². The normalized spacial score (nSPS) is 20.6. The van der Waals surface area contributed by atoms with Gasteiger partial charge in [0.15, 0.2) is 5.79 Å². The van der Waals surface area contributed by atoms with Crippen LogP contribution in [0.3, 0.4) is 0 Å². The second-order valence-electron chi connectivity index (χ2n) is 5.61. The molecule has 1 heterocycles. The summed E-state index contributed by atoms with van der Waals surface area (Å²) in [6.07, 6.45) is 0. The summed E-state index contributed by atoms with van der Waals surface area (Å²) in [6.45, 7) is 10.1. The van der Waals surface area contributed by atoms with Crippen LogP contribution in [0.1, 0.15) is 39.3 Å². The number of rotatable bonds is 5. The van der Waals surface area contributed by atoms with E-state index in [1.165, 1.54) is 5.56 Å². The molecule has 1 unspecified atom stereocenters. The number of hydrogen-bond acceptors (Lipinski definition) is 4. The predicted molar refractivity (Wildman–Crippen MR) is 78.9 cm³/mol. The Morgan fingerprint density at radius 1 is 1.25 bits per heavy atom. The zero-order chi connectivity index (χ0) is 14.6. The smallest absolute Gasteiger partial charge is 0.162 e. The van der Waals surface area contributed by atoms with Crippen LogP contribution in [0.4, 0.5) is 0 Å². The minimum absolute atomic E-state index is 0.226. The molecule has 1 aliphatic rings. The zero-order valence-electron chi connectivity index (χ0n) is 12.8. The molecule has 0 spiro atoms. The molecule has 1 aliphatic heterocycles. The highest BCUT2D eigenvalue weighted by molar-refractivity contribution is 5.29. The predicted octanol–water partition coefficient (Wildman–Crippen LogP) is 2.89. The van der Waals surface area contributed by atoms with Crippen molar-refractivity contribution in [3.63, 3.8) is 0 Å². The molecule has 112 valence electrons. The Balaban J connectivity index is 1.87. The molecule has 0 bridgehead atoms. The molecule has 4 heteroatoms. The van der Waals surface area contributed by atoms with E-state index >= 15 is 0 Å². The van der Waals surface area contributed by atoms with Gasteiger partial charge in [-0.2, -0.15) is 0 Å². The number of hydrogen-bond donors (Lipinski definition) is 1. The van der Waals surface area contributed by atoms with E-state index in [0.717, 1.165) is 5.75 Å². The molecule has 0 amide bonds. The average Bonchev–Trinajstić information content (AvgIpc) is 2.42. The fourth-order valence-electron chi connectivity index (χ4n) is 2.26. The van der Waals surface area contributed by atoms with Gasteiger partial charge in [-0.3, -0.25) is 0 Å². The lowest BCUT2D eigenvalue weighted by Crippen LogP contribution is -2.49. The summed E-state index contributed by atoms with van der Waals surface area (Å²) in [5.41, 5.74) is 1.23. The van der Waals surface area contributed by atoms with Crippen molar-refractivity contribution in [1.29, 1.82) is 0 Å². The summed E-state index contributed by atoms with van der Waals surface area (Å²) in [6, 6.07) is 8.68. The second-order valence-corrected chi connectivity index (χ2v) is 5.61. The van der Waals surface area contributed by atoms with Crippen molar-refractivity contribution in [3.05, 3.63) is 29.8 Å². The third-order valence-electron chi connectivity index (χ3n) is 3.44. The molecular weight excluding hydrogens is 254 g/mol. The molecule has 2 rings (SSSR count). The summed E-state index contributed by atoms with van der Waals surface area (Å²) >= 11 is 0. The van der Waals surface area contributed by atoms with Gasteiger partial charge in [-0.1, -0.05) is 12.1 Å². The van der Waals surface area contributed by atoms with Crippen LogP contribution in [0.25, 0.3) is 0 Å². The zero-order valence-corrected chi connectivity index (χ0v) is 12.8. The van der Waals surface area contributed by atoms with E-state index in [0.29, 0.717) is 19.8 Å². The average molecular weight is 279 g/mol. The van der Waals surface area contributed by atoms with E-state index in [-0.39, 0.29) is 12.1 Å². The standard InChI is InChI=1S/C16H25NO3/c1-5-18-15-8-6-13(7-9-15)12(2)17-14-10-19-16(3,4)20-11-14/h6-9,12,14,17H,5,10-11H2,1-4H3. The van der Waals surface area contributed by atoms with Crippen LogP contribution in [0.15, 0.2) is 24.3 Å². The molecule has 0 aromatic heterocycles. The van der Waals surface area contributed by atoms with Crippen LogP contribution < -0.4 is 10.1 Å². The van der Waals surface area contributed by atoms with Gasteiger partial charge in [0.1, 0.15) is 5.75 Å². The number of nitrogens with one attached hydrogen (secondary N) is 1. The highest BCUT2D eigenvalue weighted by Gasteiger charge is 2.28. The summed E-state index contributed by atoms with van der Waals surface area (Å²) in [7, 11) is 0. The van der Waals surface area contributed by atoms with Gasteiger partial charge in [-0.15, -0.1) is 0 Å². The highest BCUT2D eigenvalue weighted by Crippen LogP contribution is 2.21. The largest absolute Gasteiger partial charge is 0.494 e. The maximum absolute atomic E-state index is 5.66. The van der Waals surface area contributed by atoms with E-state index in [1.807, 2.05) is 32.9 Å². The van der Waals surface area contributed by atoms with Crippen LogP contribution in [-0.4, -0.2) is 31.6 Å². The van der Waals surface area contributed by atoms with Gasteiger partial charge >= 0.3 is 0 Å². The first-order valence-corrected chi connectivity index (χ1v) is 7.27. The van der Waals surface area contributed by atoms with Crippen molar-refractivity contribution in [3.8, 4) is 5.75 Å². The van der Waals surface area contributed by atoms with E-state index in [1.54, 1.807) is 0 Å².